The standard InChI is InChI=1S/C14H20Cl2N2/c1-3-5-11-12(15)17-14(18-13(11)16)10-7-6-9(4-2)8-10/h9-10H,3-8H2,1-2H3. The van der Waals surface area contributed by atoms with Crippen LogP contribution in [0.1, 0.15) is 63.3 Å². The molecular formula is C14H20Cl2N2. The fourth-order valence-corrected chi connectivity index (χ4v) is 3.35. The van der Waals surface area contributed by atoms with E-state index in [4.69, 9.17) is 23.2 Å². The van der Waals surface area contributed by atoms with E-state index in [0.29, 0.717) is 16.2 Å². The van der Waals surface area contributed by atoms with Gasteiger partial charge in [-0.3, -0.25) is 0 Å². The highest BCUT2D eigenvalue weighted by atomic mass is 35.5. The number of rotatable bonds is 4. The molecule has 1 aromatic rings. The molecule has 1 aromatic heterocycles. The first-order valence-electron chi connectivity index (χ1n) is 6.87. The normalized spacial score (nSPS) is 23.6. The van der Waals surface area contributed by atoms with E-state index in [1.807, 2.05) is 0 Å². The van der Waals surface area contributed by atoms with Crippen LogP contribution in [0.4, 0.5) is 0 Å². The van der Waals surface area contributed by atoms with Gasteiger partial charge in [0.25, 0.3) is 0 Å². The Bertz CT molecular complexity index is 397. The summed E-state index contributed by atoms with van der Waals surface area (Å²) in [6, 6.07) is 0. The number of hydrogen-bond donors (Lipinski definition) is 0. The topological polar surface area (TPSA) is 25.8 Å². The number of halogens is 2. The van der Waals surface area contributed by atoms with Crippen molar-refractivity contribution in [2.24, 2.45) is 5.92 Å². The first-order valence-corrected chi connectivity index (χ1v) is 7.63. The second-order valence-electron chi connectivity index (χ2n) is 5.18. The van der Waals surface area contributed by atoms with Gasteiger partial charge in [-0.2, -0.15) is 0 Å². The Morgan fingerprint density at radius 1 is 1.11 bits per heavy atom. The highest BCUT2D eigenvalue weighted by Crippen LogP contribution is 2.39. The predicted molar refractivity (Wildman–Crippen MR) is 76.4 cm³/mol. The number of hydrogen-bond acceptors (Lipinski definition) is 2. The maximum absolute atomic E-state index is 6.23. The van der Waals surface area contributed by atoms with Gasteiger partial charge in [-0.1, -0.05) is 49.9 Å². The molecule has 0 spiro atoms. The monoisotopic (exact) mass is 286 g/mol. The molecule has 1 saturated carbocycles. The van der Waals surface area contributed by atoms with E-state index in [1.165, 1.54) is 19.3 Å². The summed E-state index contributed by atoms with van der Waals surface area (Å²) in [5, 5.41) is 1.10. The Morgan fingerprint density at radius 2 is 1.78 bits per heavy atom. The lowest BCUT2D eigenvalue weighted by atomic mass is 10.0. The summed E-state index contributed by atoms with van der Waals surface area (Å²) in [5.74, 6) is 2.10. The molecule has 0 aliphatic heterocycles. The summed E-state index contributed by atoms with van der Waals surface area (Å²) in [5.41, 5.74) is 0.898. The second-order valence-corrected chi connectivity index (χ2v) is 5.89. The maximum atomic E-state index is 6.23. The van der Waals surface area contributed by atoms with Crippen molar-refractivity contribution >= 4 is 23.2 Å². The predicted octanol–water partition coefficient (Wildman–Crippen LogP) is 5.03. The molecule has 0 N–H and O–H groups in total. The van der Waals surface area contributed by atoms with Gasteiger partial charge in [0.2, 0.25) is 0 Å². The molecule has 1 aliphatic rings. The van der Waals surface area contributed by atoms with Gasteiger partial charge in [-0.05, 0) is 31.6 Å². The van der Waals surface area contributed by atoms with Crippen LogP contribution < -0.4 is 0 Å². The summed E-state index contributed by atoms with van der Waals surface area (Å²) in [6.07, 6.45) is 6.71. The molecule has 1 aliphatic carbocycles. The van der Waals surface area contributed by atoms with Gasteiger partial charge < -0.3 is 0 Å². The van der Waals surface area contributed by atoms with E-state index in [9.17, 15) is 0 Å². The molecule has 0 aromatic carbocycles. The molecule has 18 heavy (non-hydrogen) atoms. The van der Waals surface area contributed by atoms with Crippen molar-refractivity contribution in [3.63, 3.8) is 0 Å². The first kappa shape index (κ1) is 14.1. The SMILES string of the molecule is CCCc1c(Cl)nc(C2CCC(CC)C2)nc1Cl. The van der Waals surface area contributed by atoms with E-state index >= 15 is 0 Å². The molecule has 1 heterocycles. The van der Waals surface area contributed by atoms with Gasteiger partial charge >= 0.3 is 0 Å². The smallest absolute Gasteiger partial charge is 0.137 e. The highest BCUT2D eigenvalue weighted by molar-refractivity contribution is 6.34. The third kappa shape index (κ3) is 2.97. The molecule has 0 saturated heterocycles. The van der Waals surface area contributed by atoms with Crippen molar-refractivity contribution in [3.05, 3.63) is 21.7 Å². The van der Waals surface area contributed by atoms with Crippen molar-refractivity contribution in [3.8, 4) is 0 Å². The lowest BCUT2D eigenvalue weighted by Crippen LogP contribution is -2.05. The van der Waals surface area contributed by atoms with Crippen LogP contribution in [0.5, 0.6) is 0 Å². The zero-order valence-electron chi connectivity index (χ0n) is 11.0. The lowest BCUT2D eigenvalue weighted by molar-refractivity contribution is 0.516. The number of aromatic nitrogens is 2. The Hall–Kier alpha value is -0.340. The Balaban J connectivity index is 2.20. The lowest BCUT2D eigenvalue weighted by Gasteiger charge is -2.12. The van der Waals surface area contributed by atoms with Crippen molar-refractivity contribution in [1.82, 2.24) is 9.97 Å². The van der Waals surface area contributed by atoms with Crippen LogP contribution in [0.2, 0.25) is 10.3 Å². The van der Waals surface area contributed by atoms with E-state index < -0.39 is 0 Å². The highest BCUT2D eigenvalue weighted by Gasteiger charge is 2.27. The molecule has 0 bridgehead atoms. The molecule has 1 fully saturated rings. The Morgan fingerprint density at radius 3 is 2.28 bits per heavy atom. The van der Waals surface area contributed by atoms with Gasteiger partial charge in [0.1, 0.15) is 16.1 Å². The molecule has 2 rings (SSSR count). The van der Waals surface area contributed by atoms with Crippen molar-refractivity contribution in [2.45, 2.75) is 58.3 Å². The van der Waals surface area contributed by atoms with E-state index in [-0.39, 0.29) is 0 Å². The summed E-state index contributed by atoms with van der Waals surface area (Å²) < 4.78 is 0. The molecule has 0 amide bonds. The quantitative estimate of drug-likeness (QED) is 0.726. The third-order valence-electron chi connectivity index (χ3n) is 3.91. The molecule has 4 heteroatoms. The van der Waals surface area contributed by atoms with Gasteiger partial charge in [0, 0.05) is 11.5 Å². The Labute approximate surface area is 119 Å². The van der Waals surface area contributed by atoms with E-state index in [0.717, 1.165) is 36.6 Å². The average molecular weight is 287 g/mol. The van der Waals surface area contributed by atoms with Crippen LogP contribution in [0.3, 0.4) is 0 Å². The number of nitrogens with zero attached hydrogens (tertiary/aromatic N) is 2. The van der Waals surface area contributed by atoms with Crippen molar-refractivity contribution < 1.29 is 0 Å². The molecule has 100 valence electrons. The second kappa shape index (κ2) is 6.21. The zero-order valence-corrected chi connectivity index (χ0v) is 12.6. The van der Waals surface area contributed by atoms with Gasteiger partial charge in [-0.25, -0.2) is 9.97 Å². The Kier molecular flexibility index (Phi) is 4.85. The first-order chi connectivity index (χ1) is 8.65. The molecular weight excluding hydrogens is 267 g/mol. The van der Waals surface area contributed by atoms with Gasteiger partial charge in [-0.15, -0.1) is 0 Å². The minimum Gasteiger partial charge on any atom is -0.221 e. The largest absolute Gasteiger partial charge is 0.221 e. The fraction of sp³-hybridized carbons (Fsp3) is 0.714. The van der Waals surface area contributed by atoms with Crippen LogP contribution in [-0.2, 0) is 6.42 Å². The molecule has 0 radical (unpaired) electrons. The summed E-state index contributed by atoms with van der Waals surface area (Å²) in [4.78, 5) is 8.95. The zero-order chi connectivity index (χ0) is 13.1. The van der Waals surface area contributed by atoms with Crippen LogP contribution in [0.25, 0.3) is 0 Å². The summed E-state index contributed by atoms with van der Waals surface area (Å²) >= 11 is 12.5. The van der Waals surface area contributed by atoms with Crippen molar-refractivity contribution in [2.75, 3.05) is 0 Å². The maximum Gasteiger partial charge on any atom is 0.137 e. The minimum absolute atomic E-state index is 0.445. The van der Waals surface area contributed by atoms with E-state index in [2.05, 4.69) is 23.8 Å². The van der Waals surface area contributed by atoms with Crippen LogP contribution >= 0.6 is 23.2 Å². The summed E-state index contributed by atoms with van der Waals surface area (Å²) in [6.45, 7) is 4.35. The fourth-order valence-electron chi connectivity index (χ4n) is 2.77. The van der Waals surface area contributed by atoms with Gasteiger partial charge in [0.05, 0.1) is 0 Å². The molecule has 2 atom stereocenters. The van der Waals surface area contributed by atoms with Crippen LogP contribution in [0, 0.1) is 5.92 Å². The minimum atomic E-state index is 0.445. The van der Waals surface area contributed by atoms with Gasteiger partial charge in [0.15, 0.2) is 0 Å². The molecule has 2 unspecified atom stereocenters. The van der Waals surface area contributed by atoms with Crippen LogP contribution in [-0.4, -0.2) is 9.97 Å². The summed E-state index contributed by atoms with van der Waals surface area (Å²) in [7, 11) is 0. The van der Waals surface area contributed by atoms with E-state index in [1.54, 1.807) is 0 Å². The average Bonchev–Trinajstić information content (AvgIpc) is 2.82. The van der Waals surface area contributed by atoms with Crippen LogP contribution in [0.15, 0.2) is 0 Å². The molecule has 2 nitrogen and oxygen atoms in total. The third-order valence-corrected chi connectivity index (χ3v) is 4.53. The van der Waals surface area contributed by atoms with Crippen molar-refractivity contribution in [1.29, 1.82) is 0 Å².